The second-order valence-electron chi connectivity index (χ2n) is 6.24. The van der Waals surface area contributed by atoms with Crippen molar-refractivity contribution in [3.63, 3.8) is 0 Å². The highest BCUT2D eigenvalue weighted by molar-refractivity contribution is 7.90. The molecule has 0 saturated heterocycles. The number of aromatic nitrogens is 2. The summed E-state index contributed by atoms with van der Waals surface area (Å²) in [6.45, 7) is 1.66. The summed E-state index contributed by atoms with van der Waals surface area (Å²) < 4.78 is 32.9. The van der Waals surface area contributed by atoms with E-state index < -0.39 is 10.0 Å². The molecule has 0 radical (unpaired) electrons. The molecule has 148 valence electrons. The van der Waals surface area contributed by atoms with Crippen molar-refractivity contribution in [2.45, 2.75) is 31.1 Å². The quantitative estimate of drug-likeness (QED) is 0.419. The number of nitrogens with zero attached hydrogens (tertiary/aromatic N) is 2. The van der Waals surface area contributed by atoms with Gasteiger partial charge in [-0.15, -0.1) is 0 Å². The average Bonchev–Trinajstić information content (AvgIpc) is 3.01. The van der Waals surface area contributed by atoms with Crippen LogP contribution in [0, 0.1) is 6.92 Å². The highest BCUT2D eigenvalue weighted by Gasteiger charge is 2.26. The van der Waals surface area contributed by atoms with Crippen LogP contribution >= 0.6 is 23.2 Å². The van der Waals surface area contributed by atoms with Gasteiger partial charge in [-0.1, -0.05) is 29.3 Å². The Kier molecular flexibility index (Phi) is 5.98. The topological polar surface area (TPSA) is 78.3 Å². The minimum atomic E-state index is -3.94. The molecule has 0 spiro atoms. The fraction of sp³-hybridized carbons (Fsp3) is 0.263. The predicted octanol–water partition coefficient (Wildman–Crippen LogP) is 4.38. The van der Waals surface area contributed by atoms with Crippen LogP contribution in [0.2, 0.25) is 10.2 Å². The van der Waals surface area contributed by atoms with Gasteiger partial charge in [-0.3, -0.25) is 4.79 Å². The smallest absolute Gasteiger partial charge is 0.305 e. The number of halogens is 2. The van der Waals surface area contributed by atoms with E-state index in [0.29, 0.717) is 40.2 Å². The molecule has 0 unspecified atom stereocenters. The van der Waals surface area contributed by atoms with E-state index in [1.165, 1.54) is 17.1 Å². The van der Waals surface area contributed by atoms with Gasteiger partial charge in [0, 0.05) is 17.1 Å². The molecule has 1 aromatic carbocycles. The molecule has 28 heavy (non-hydrogen) atoms. The molecule has 6 nitrogen and oxygen atoms in total. The zero-order valence-corrected chi connectivity index (χ0v) is 17.6. The standard InChI is InChI=1S/C19H18Cl2N2O4S/c1-12-14(20)6-4-7-17(12)28(25,26)23-13(5-3-8-19(24)27-2)11-15-16(23)9-10-18(21)22-15/h4,6-7,9-11H,3,5,8H2,1-2H3. The number of pyridine rings is 1. The van der Waals surface area contributed by atoms with Gasteiger partial charge in [0.05, 0.1) is 23.0 Å². The second-order valence-corrected chi connectivity index (χ2v) is 8.79. The van der Waals surface area contributed by atoms with Gasteiger partial charge < -0.3 is 4.74 Å². The third-order valence-corrected chi connectivity index (χ3v) is 6.96. The van der Waals surface area contributed by atoms with E-state index in [1.807, 2.05) is 0 Å². The molecule has 0 bridgehead atoms. The van der Waals surface area contributed by atoms with Crippen LogP contribution in [0.1, 0.15) is 24.1 Å². The van der Waals surface area contributed by atoms with E-state index in [4.69, 9.17) is 23.2 Å². The Morgan fingerprint density at radius 3 is 2.68 bits per heavy atom. The molecule has 0 saturated carbocycles. The van der Waals surface area contributed by atoms with E-state index >= 15 is 0 Å². The fourth-order valence-electron chi connectivity index (χ4n) is 3.03. The lowest BCUT2D eigenvalue weighted by Crippen LogP contribution is -2.17. The number of rotatable bonds is 6. The molecule has 0 atom stereocenters. The maximum atomic E-state index is 13.5. The number of benzene rings is 1. The van der Waals surface area contributed by atoms with Crippen molar-refractivity contribution >= 4 is 50.2 Å². The van der Waals surface area contributed by atoms with Crippen molar-refractivity contribution in [1.29, 1.82) is 0 Å². The third kappa shape index (κ3) is 3.87. The number of hydrogen-bond acceptors (Lipinski definition) is 5. The van der Waals surface area contributed by atoms with Gasteiger partial charge in [-0.05, 0) is 55.7 Å². The van der Waals surface area contributed by atoms with Gasteiger partial charge >= 0.3 is 5.97 Å². The van der Waals surface area contributed by atoms with Crippen LogP contribution in [0.4, 0.5) is 0 Å². The summed E-state index contributed by atoms with van der Waals surface area (Å²) in [5, 5.41) is 0.632. The number of methoxy groups -OCH3 is 1. The summed E-state index contributed by atoms with van der Waals surface area (Å²) in [5.41, 5.74) is 1.85. The molecule has 0 fully saturated rings. The molecule has 0 aliphatic heterocycles. The van der Waals surface area contributed by atoms with Crippen LogP contribution in [0.25, 0.3) is 11.0 Å². The molecule has 0 amide bonds. The summed E-state index contributed by atoms with van der Waals surface area (Å²) >= 11 is 12.1. The number of aryl methyl sites for hydroxylation is 1. The largest absolute Gasteiger partial charge is 0.469 e. The van der Waals surface area contributed by atoms with Gasteiger partial charge in [0.2, 0.25) is 0 Å². The average molecular weight is 441 g/mol. The minimum absolute atomic E-state index is 0.113. The Labute approximate surface area is 173 Å². The highest BCUT2D eigenvalue weighted by Crippen LogP contribution is 2.30. The maximum absolute atomic E-state index is 13.5. The molecule has 2 heterocycles. The van der Waals surface area contributed by atoms with Crippen molar-refractivity contribution in [3.8, 4) is 0 Å². The SMILES string of the molecule is COC(=O)CCCc1cc2nc(Cl)ccc2n1S(=O)(=O)c1cccc(Cl)c1C. The number of ether oxygens (including phenoxy) is 1. The second kappa shape index (κ2) is 8.11. The zero-order valence-electron chi connectivity index (χ0n) is 15.3. The first-order valence-corrected chi connectivity index (χ1v) is 10.7. The molecule has 0 aliphatic rings. The first-order chi connectivity index (χ1) is 13.3. The van der Waals surface area contributed by atoms with Crippen LogP contribution in [0.15, 0.2) is 41.3 Å². The van der Waals surface area contributed by atoms with E-state index in [9.17, 15) is 13.2 Å². The normalized spacial score (nSPS) is 11.7. The van der Waals surface area contributed by atoms with Crippen LogP contribution in [-0.4, -0.2) is 30.5 Å². The molecule has 3 rings (SSSR count). The first kappa shape index (κ1) is 20.6. The van der Waals surface area contributed by atoms with Crippen molar-refractivity contribution in [3.05, 3.63) is 57.8 Å². The summed E-state index contributed by atoms with van der Waals surface area (Å²) in [7, 11) is -2.63. The molecule has 2 aromatic heterocycles. The number of carbonyl (C=O) groups is 1. The highest BCUT2D eigenvalue weighted by atomic mass is 35.5. The van der Waals surface area contributed by atoms with Crippen LogP contribution in [-0.2, 0) is 26.0 Å². The summed E-state index contributed by atoms with van der Waals surface area (Å²) in [6, 6.07) is 9.59. The van der Waals surface area contributed by atoms with Crippen molar-refractivity contribution in [2.24, 2.45) is 0 Å². The van der Waals surface area contributed by atoms with Crippen LogP contribution < -0.4 is 0 Å². The first-order valence-electron chi connectivity index (χ1n) is 8.50. The number of carbonyl (C=O) groups excluding carboxylic acids is 1. The Morgan fingerprint density at radius 2 is 1.96 bits per heavy atom. The van der Waals surface area contributed by atoms with Crippen molar-refractivity contribution < 1.29 is 17.9 Å². The molecular formula is C19H18Cl2N2O4S. The van der Waals surface area contributed by atoms with Gasteiger partial charge in [0.15, 0.2) is 0 Å². The number of hydrogen-bond donors (Lipinski definition) is 0. The number of fused-ring (bicyclic) bond motifs is 1. The lowest BCUT2D eigenvalue weighted by molar-refractivity contribution is -0.140. The maximum Gasteiger partial charge on any atom is 0.305 e. The Balaban J connectivity index is 2.16. The monoisotopic (exact) mass is 440 g/mol. The van der Waals surface area contributed by atoms with Crippen LogP contribution in [0.3, 0.4) is 0 Å². The molecule has 9 heteroatoms. The fourth-order valence-corrected chi connectivity index (χ4v) is 5.23. The van der Waals surface area contributed by atoms with Gasteiger partial charge in [0.25, 0.3) is 10.0 Å². The number of esters is 1. The lowest BCUT2D eigenvalue weighted by Gasteiger charge is -2.14. The van der Waals surface area contributed by atoms with E-state index in [0.717, 1.165) is 0 Å². The van der Waals surface area contributed by atoms with Crippen molar-refractivity contribution in [1.82, 2.24) is 8.96 Å². The van der Waals surface area contributed by atoms with E-state index in [1.54, 1.807) is 37.3 Å². The lowest BCUT2D eigenvalue weighted by atomic mass is 10.2. The molecule has 0 aliphatic carbocycles. The Bertz CT molecular complexity index is 1160. The zero-order chi connectivity index (χ0) is 20.5. The molecule has 0 N–H and O–H groups in total. The molecular weight excluding hydrogens is 423 g/mol. The Hall–Kier alpha value is -2.09. The van der Waals surface area contributed by atoms with Gasteiger partial charge in [0.1, 0.15) is 5.15 Å². The minimum Gasteiger partial charge on any atom is -0.469 e. The van der Waals surface area contributed by atoms with Crippen LogP contribution in [0.5, 0.6) is 0 Å². The third-order valence-electron chi connectivity index (χ3n) is 4.43. The predicted molar refractivity (Wildman–Crippen MR) is 108 cm³/mol. The Morgan fingerprint density at radius 1 is 1.21 bits per heavy atom. The van der Waals surface area contributed by atoms with Crippen molar-refractivity contribution in [2.75, 3.05) is 7.11 Å². The van der Waals surface area contributed by atoms with E-state index in [-0.39, 0.29) is 22.4 Å². The van der Waals surface area contributed by atoms with Gasteiger partial charge in [-0.2, -0.15) is 0 Å². The summed E-state index contributed by atoms with van der Waals surface area (Å²) in [5.74, 6) is -0.350. The van der Waals surface area contributed by atoms with Gasteiger partial charge in [-0.25, -0.2) is 17.4 Å². The summed E-state index contributed by atoms with van der Waals surface area (Å²) in [6.07, 6.45) is 0.963. The molecule has 3 aromatic rings. The summed E-state index contributed by atoms with van der Waals surface area (Å²) in [4.78, 5) is 15.8. The van der Waals surface area contributed by atoms with E-state index in [2.05, 4.69) is 9.72 Å².